The number of halogens is 1. The highest BCUT2D eigenvalue weighted by atomic mass is 35.5. The number of carboxylic acid groups (broad SMARTS) is 1. The highest BCUT2D eigenvalue weighted by Gasteiger charge is 2.08. The summed E-state index contributed by atoms with van der Waals surface area (Å²) in [6, 6.07) is 11.9. The molecule has 0 bridgehead atoms. The average Bonchev–Trinajstić information content (AvgIpc) is 2.38. The molecule has 0 unspecified atom stereocenters. The molecule has 0 aromatic heterocycles. The van der Waals surface area contributed by atoms with Gasteiger partial charge in [0.1, 0.15) is 5.75 Å². The van der Waals surface area contributed by atoms with E-state index in [9.17, 15) is 4.79 Å². The number of carboxylic acids is 1. The Morgan fingerprint density at radius 3 is 2.61 bits per heavy atom. The van der Waals surface area contributed by atoms with Crippen LogP contribution in [0.25, 0.3) is 11.1 Å². The number of hydrogen-bond acceptors (Lipinski definition) is 2. The maximum absolute atomic E-state index is 10.9. The van der Waals surface area contributed by atoms with E-state index in [-0.39, 0.29) is 5.56 Å². The zero-order chi connectivity index (χ0) is 13.1. The van der Waals surface area contributed by atoms with Gasteiger partial charge < -0.3 is 9.84 Å². The Kier molecular flexibility index (Phi) is 3.53. The third kappa shape index (κ3) is 2.46. The number of benzene rings is 2. The van der Waals surface area contributed by atoms with E-state index < -0.39 is 5.97 Å². The second-order valence-electron chi connectivity index (χ2n) is 3.73. The first-order valence-electron chi connectivity index (χ1n) is 5.29. The molecule has 0 fully saturated rings. The van der Waals surface area contributed by atoms with Gasteiger partial charge in [0.25, 0.3) is 0 Å². The van der Waals surface area contributed by atoms with Gasteiger partial charge >= 0.3 is 5.97 Å². The van der Waals surface area contributed by atoms with Crippen molar-refractivity contribution in [1.29, 1.82) is 0 Å². The minimum atomic E-state index is -0.957. The summed E-state index contributed by atoms with van der Waals surface area (Å²) in [5, 5.41) is 9.48. The van der Waals surface area contributed by atoms with Gasteiger partial charge in [0, 0.05) is 5.56 Å². The lowest BCUT2D eigenvalue weighted by atomic mass is 10.0. The second kappa shape index (κ2) is 5.10. The van der Waals surface area contributed by atoms with Gasteiger partial charge in [0.15, 0.2) is 0 Å². The molecule has 4 heteroatoms. The average molecular weight is 263 g/mol. The lowest BCUT2D eigenvalue weighted by Gasteiger charge is -2.07. The van der Waals surface area contributed by atoms with Crippen LogP contribution in [0.2, 0.25) is 5.02 Å². The lowest BCUT2D eigenvalue weighted by Crippen LogP contribution is -1.95. The molecule has 92 valence electrons. The summed E-state index contributed by atoms with van der Waals surface area (Å²) in [5.41, 5.74) is 1.78. The third-order valence-electron chi connectivity index (χ3n) is 2.60. The minimum absolute atomic E-state index is 0.236. The van der Waals surface area contributed by atoms with Crippen molar-refractivity contribution in [3.63, 3.8) is 0 Å². The Balaban J connectivity index is 2.48. The van der Waals surface area contributed by atoms with Gasteiger partial charge in [-0.1, -0.05) is 23.7 Å². The van der Waals surface area contributed by atoms with E-state index in [2.05, 4.69) is 0 Å². The van der Waals surface area contributed by atoms with Crippen molar-refractivity contribution in [1.82, 2.24) is 0 Å². The number of hydrogen-bond donors (Lipinski definition) is 1. The van der Waals surface area contributed by atoms with Crippen LogP contribution in [0.4, 0.5) is 0 Å². The summed E-state index contributed by atoms with van der Waals surface area (Å²) in [7, 11) is 1.57. The molecule has 0 atom stereocenters. The van der Waals surface area contributed by atoms with E-state index in [1.54, 1.807) is 37.4 Å². The van der Waals surface area contributed by atoms with Gasteiger partial charge in [-0.2, -0.15) is 0 Å². The quantitative estimate of drug-likeness (QED) is 0.917. The highest BCUT2D eigenvalue weighted by Crippen LogP contribution is 2.31. The van der Waals surface area contributed by atoms with Crippen molar-refractivity contribution in [3.05, 3.63) is 53.1 Å². The van der Waals surface area contributed by atoms with E-state index in [0.29, 0.717) is 10.8 Å². The zero-order valence-corrected chi connectivity index (χ0v) is 10.4. The Labute approximate surface area is 110 Å². The van der Waals surface area contributed by atoms with E-state index in [4.69, 9.17) is 21.4 Å². The van der Waals surface area contributed by atoms with Crippen molar-refractivity contribution >= 4 is 17.6 Å². The minimum Gasteiger partial charge on any atom is -0.497 e. The number of aromatic carboxylic acids is 1. The van der Waals surface area contributed by atoms with Crippen LogP contribution < -0.4 is 4.74 Å². The van der Waals surface area contributed by atoms with Crippen molar-refractivity contribution in [2.75, 3.05) is 7.11 Å². The summed E-state index contributed by atoms with van der Waals surface area (Å²) in [6.07, 6.45) is 0. The topological polar surface area (TPSA) is 46.5 Å². The maximum Gasteiger partial charge on any atom is 0.335 e. The normalized spacial score (nSPS) is 10.1. The molecular formula is C14H11ClO3. The largest absolute Gasteiger partial charge is 0.497 e. The monoisotopic (exact) mass is 262 g/mol. The van der Waals surface area contributed by atoms with Crippen LogP contribution in [-0.4, -0.2) is 18.2 Å². The van der Waals surface area contributed by atoms with Gasteiger partial charge in [0.2, 0.25) is 0 Å². The molecule has 0 aliphatic rings. The number of methoxy groups -OCH3 is 1. The molecule has 3 nitrogen and oxygen atoms in total. The Morgan fingerprint density at radius 1 is 1.22 bits per heavy atom. The van der Waals surface area contributed by atoms with Crippen molar-refractivity contribution < 1.29 is 14.6 Å². The number of rotatable bonds is 3. The first-order valence-corrected chi connectivity index (χ1v) is 5.67. The molecule has 2 aromatic rings. The van der Waals surface area contributed by atoms with E-state index >= 15 is 0 Å². The van der Waals surface area contributed by atoms with Gasteiger partial charge in [-0.15, -0.1) is 0 Å². The first-order chi connectivity index (χ1) is 8.61. The Hall–Kier alpha value is -2.00. The molecule has 0 saturated heterocycles. The Bertz CT molecular complexity index is 593. The molecule has 0 amide bonds. The first kappa shape index (κ1) is 12.5. The fourth-order valence-electron chi connectivity index (χ4n) is 1.68. The standard InChI is InChI=1S/C14H11ClO3/c1-18-11-5-6-12(13(15)8-11)9-3-2-4-10(7-9)14(16)17/h2-8H,1H3,(H,16,17). The Morgan fingerprint density at radius 2 is 2.00 bits per heavy atom. The molecule has 0 saturated carbocycles. The van der Waals surface area contributed by atoms with Crippen LogP contribution in [0.1, 0.15) is 10.4 Å². The number of carbonyl (C=O) groups is 1. The smallest absolute Gasteiger partial charge is 0.335 e. The van der Waals surface area contributed by atoms with Crippen molar-refractivity contribution in [2.45, 2.75) is 0 Å². The molecule has 0 aliphatic heterocycles. The van der Waals surface area contributed by atoms with Crippen LogP contribution in [-0.2, 0) is 0 Å². The summed E-state index contributed by atoms with van der Waals surface area (Å²) < 4.78 is 5.07. The van der Waals surface area contributed by atoms with Crippen LogP contribution in [0.3, 0.4) is 0 Å². The zero-order valence-electron chi connectivity index (χ0n) is 9.68. The van der Waals surface area contributed by atoms with Crippen molar-refractivity contribution in [3.8, 4) is 16.9 Å². The molecular weight excluding hydrogens is 252 g/mol. The highest BCUT2D eigenvalue weighted by molar-refractivity contribution is 6.33. The predicted octanol–water partition coefficient (Wildman–Crippen LogP) is 3.71. The molecule has 18 heavy (non-hydrogen) atoms. The molecule has 2 rings (SSSR count). The lowest BCUT2D eigenvalue weighted by molar-refractivity contribution is 0.0697. The third-order valence-corrected chi connectivity index (χ3v) is 2.91. The molecule has 0 radical (unpaired) electrons. The van der Waals surface area contributed by atoms with E-state index in [1.807, 2.05) is 12.1 Å². The van der Waals surface area contributed by atoms with Gasteiger partial charge in [-0.25, -0.2) is 4.79 Å². The molecule has 1 N–H and O–H groups in total. The van der Waals surface area contributed by atoms with Gasteiger partial charge in [-0.05, 0) is 35.9 Å². The van der Waals surface area contributed by atoms with Gasteiger partial charge in [-0.3, -0.25) is 0 Å². The summed E-state index contributed by atoms with van der Waals surface area (Å²) in [6.45, 7) is 0. The van der Waals surface area contributed by atoms with Crippen LogP contribution in [0, 0.1) is 0 Å². The second-order valence-corrected chi connectivity index (χ2v) is 4.14. The fraction of sp³-hybridized carbons (Fsp3) is 0.0714. The predicted molar refractivity (Wildman–Crippen MR) is 70.4 cm³/mol. The molecule has 0 spiro atoms. The molecule has 2 aromatic carbocycles. The van der Waals surface area contributed by atoms with Crippen LogP contribution in [0.15, 0.2) is 42.5 Å². The SMILES string of the molecule is COc1ccc(-c2cccc(C(=O)O)c2)c(Cl)c1. The number of ether oxygens (including phenoxy) is 1. The van der Waals surface area contributed by atoms with E-state index in [0.717, 1.165) is 11.1 Å². The van der Waals surface area contributed by atoms with Crippen LogP contribution >= 0.6 is 11.6 Å². The summed E-state index contributed by atoms with van der Waals surface area (Å²) in [4.78, 5) is 10.9. The summed E-state index contributed by atoms with van der Waals surface area (Å²) >= 11 is 6.15. The summed E-state index contributed by atoms with van der Waals surface area (Å²) in [5.74, 6) is -0.292. The van der Waals surface area contributed by atoms with Crippen molar-refractivity contribution in [2.24, 2.45) is 0 Å². The fourth-order valence-corrected chi connectivity index (χ4v) is 1.96. The van der Waals surface area contributed by atoms with Gasteiger partial charge in [0.05, 0.1) is 17.7 Å². The maximum atomic E-state index is 10.9. The molecule has 0 heterocycles. The van der Waals surface area contributed by atoms with Crippen LogP contribution in [0.5, 0.6) is 5.75 Å². The molecule has 0 aliphatic carbocycles. The van der Waals surface area contributed by atoms with E-state index in [1.165, 1.54) is 0 Å².